The number of nitrogens with one attached hydrogen (secondary N) is 1. The summed E-state index contributed by atoms with van der Waals surface area (Å²) in [5.74, 6) is 1.01. The maximum Gasteiger partial charge on any atom is 0.122 e. The number of hydrazine groups is 1. The largest absolute Gasteiger partial charge is 0.362 e. The topological polar surface area (TPSA) is 27.7 Å². The van der Waals surface area contributed by atoms with Gasteiger partial charge < -0.3 is 9.64 Å². The number of ether oxygens (including phenoxy) is 1. The molecule has 3 fully saturated rings. The molecule has 4 heteroatoms. The molecule has 2 heterocycles. The van der Waals surface area contributed by atoms with E-state index in [4.69, 9.17) is 4.74 Å². The Hall–Kier alpha value is -0.160. The average Bonchev–Trinajstić information content (AvgIpc) is 3.03. The van der Waals surface area contributed by atoms with Gasteiger partial charge in [-0.2, -0.15) is 0 Å². The summed E-state index contributed by atoms with van der Waals surface area (Å²) in [5.41, 5.74) is 3.55. The molecule has 0 radical (unpaired) electrons. The molecule has 24 heavy (non-hydrogen) atoms. The molecule has 2 saturated heterocycles. The van der Waals surface area contributed by atoms with Crippen molar-refractivity contribution in [2.45, 2.75) is 89.3 Å². The van der Waals surface area contributed by atoms with Gasteiger partial charge in [-0.05, 0) is 58.2 Å². The highest BCUT2D eigenvalue weighted by atomic mass is 16.5. The smallest absolute Gasteiger partial charge is 0.122 e. The number of piperidine rings is 1. The molecule has 3 rings (SSSR count). The molecular weight excluding hydrogens is 298 g/mol. The van der Waals surface area contributed by atoms with Crippen molar-refractivity contribution in [2.75, 3.05) is 33.3 Å². The molecule has 1 aliphatic carbocycles. The maximum atomic E-state index is 6.06. The zero-order chi connectivity index (χ0) is 16.6. The lowest BCUT2D eigenvalue weighted by Crippen LogP contribution is -2.42. The Kier molecular flexibility index (Phi) is 7.84. The predicted octanol–water partition coefficient (Wildman–Crippen LogP) is 3.77. The van der Waals surface area contributed by atoms with Gasteiger partial charge in [0.2, 0.25) is 0 Å². The number of hydrogen-bond acceptors (Lipinski definition) is 4. The van der Waals surface area contributed by atoms with Crippen LogP contribution >= 0.6 is 0 Å². The van der Waals surface area contributed by atoms with Crippen molar-refractivity contribution < 1.29 is 4.74 Å². The SMILES string of the molecule is CN(CCCCOC1CC2CCCCN2N1)CCC1CCCCC1. The fraction of sp³-hybridized carbons (Fsp3) is 1.00. The summed E-state index contributed by atoms with van der Waals surface area (Å²) < 4.78 is 6.06. The lowest BCUT2D eigenvalue weighted by molar-refractivity contribution is 0.0126. The third kappa shape index (κ3) is 5.98. The fourth-order valence-electron chi connectivity index (χ4n) is 4.71. The van der Waals surface area contributed by atoms with Crippen LogP contribution in [0.1, 0.15) is 77.0 Å². The average molecular weight is 338 g/mol. The molecule has 3 aliphatic rings. The van der Waals surface area contributed by atoms with Crippen LogP contribution in [0, 0.1) is 5.92 Å². The monoisotopic (exact) mass is 337 g/mol. The van der Waals surface area contributed by atoms with Crippen LogP contribution in [0.5, 0.6) is 0 Å². The summed E-state index contributed by atoms with van der Waals surface area (Å²) in [6, 6.07) is 0.731. The van der Waals surface area contributed by atoms with Crippen LogP contribution in [0.15, 0.2) is 0 Å². The summed E-state index contributed by atoms with van der Waals surface area (Å²) in [6.07, 6.45) is 16.8. The molecular formula is C20H39N3O. The minimum absolute atomic E-state index is 0.275. The summed E-state index contributed by atoms with van der Waals surface area (Å²) in [4.78, 5) is 2.53. The van der Waals surface area contributed by atoms with Gasteiger partial charge in [0, 0.05) is 25.6 Å². The molecule has 2 atom stereocenters. The third-order valence-corrected chi connectivity index (χ3v) is 6.32. The minimum atomic E-state index is 0.275. The molecule has 0 spiro atoms. The van der Waals surface area contributed by atoms with E-state index in [2.05, 4.69) is 22.4 Å². The number of hydrogen-bond donors (Lipinski definition) is 1. The van der Waals surface area contributed by atoms with Crippen LogP contribution in [-0.4, -0.2) is 55.5 Å². The summed E-state index contributed by atoms with van der Waals surface area (Å²) >= 11 is 0. The van der Waals surface area contributed by atoms with Crippen LogP contribution in [0.2, 0.25) is 0 Å². The van der Waals surface area contributed by atoms with E-state index in [9.17, 15) is 0 Å². The molecule has 0 aromatic carbocycles. The maximum absolute atomic E-state index is 6.06. The Morgan fingerprint density at radius 1 is 1.00 bits per heavy atom. The predicted molar refractivity (Wildman–Crippen MR) is 99.8 cm³/mol. The highest BCUT2D eigenvalue weighted by molar-refractivity contribution is 4.83. The van der Waals surface area contributed by atoms with E-state index in [0.29, 0.717) is 0 Å². The van der Waals surface area contributed by atoms with Gasteiger partial charge in [0.05, 0.1) is 0 Å². The summed E-state index contributed by atoms with van der Waals surface area (Å²) in [7, 11) is 2.29. The van der Waals surface area contributed by atoms with E-state index in [0.717, 1.165) is 18.6 Å². The molecule has 140 valence electrons. The summed E-state index contributed by atoms with van der Waals surface area (Å²) in [6.45, 7) is 4.63. The van der Waals surface area contributed by atoms with Crippen molar-refractivity contribution in [3.8, 4) is 0 Å². The second kappa shape index (κ2) is 10.1. The van der Waals surface area contributed by atoms with Crippen LogP contribution in [0.3, 0.4) is 0 Å². The van der Waals surface area contributed by atoms with Crippen molar-refractivity contribution in [3.05, 3.63) is 0 Å². The van der Waals surface area contributed by atoms with Crippen molar-refractivity contribution in [1.29, 1.82) is 0 Å². The van der Waals surface area contributed by atoms with Crippen molar-refractivity contribution >= 4 is 0 Å². The second-order valence-corrected chi connectivity index (χ2v) is 8.37. The van der Waals surface area contributed by atoms with Gasteiger partial charge in [-0.15, -0.1) is 0 Å². The zero-order valence-corrected chi connectivity index (χ0v) is 15.8. The molecule has 0 bridgehead atoms. The molecule has 1 saturated carbocycles. The first-order valence-electron chi connectivity index (χ1n) is 10.6. The number of nitrogens with zero attached hydrogens (tertiary/aromatic N) is 2. The van der Waals surface area contributed by atoms with Gasteiger partial charge in [-0.25, -0.2) is 10.4 Å². The van der Waals surface area contributed by atoms with Gasteiger partial charge in [0.15, 0.2) is 0 Å². The Balaban J connectivity index is 1.17. The highest BCUT2D eigenvalue weighted by Gasteiger charge is 2.33. The Morgan fingerprint density at radius 2 is 1.83 bits per heavy atom. The highest BCUT2D eigenvalue weighted by Crippen LogP contribution is 2.26. The fourth-order valence-corrected chi connectivity index (χ4v) is 4.71. The molecule has 2 aliphatic heterocycles. The third-order valence-electron chi connectivity index (χ3n) is 6.32. The van der Waals surface area contributed by atoms with Crippen molar-refractivity contribution in [3.63, 3.8) is 0 Å². The van der Waals surface area contributed by atoms with E-state index >= 15 is 0 Å². The first kappa shape index (κ1) is 18.6. The van der Waals surface area contributed by atoms with Crippen molar-refractivity contribution in [2.24, 2.45) is 5.92 Å². The summed E-state index contributed by atoms with van der Waals surface area (Å²) in [5, 5.41) is 2.42. The second-order valence-electron chi connectivity index (χ2n) is 8.37. The Bertz CT molecular complexity index is 332. The zero-order valence-electron chi connectivity index (χ0n) is 15.8. The van der Waals surface area contributed by atoms with E-state index in [1.807, 2.05) is 0 Å². The van der Waals surface area contributed by atoms with Crippen LogP contribution in [0.4, 0.5) is 0 Å². The van der Waals surface area contributed by atoms with Gasteiger partial charge in [-0.3, -0.25) is 0 Å². The van der Waals surface area contributed by atoms with E-state index < -0.39 is 0 Å². The first-order chi connectivity index (χ1) is 11.8. The standard InChI is InChI=1S/C20H39N3O/c1-22(15-12-18-9-3-2-4-10-18)13-7-8-16-24-20-17-19-11-5-6-14-23(19)21-20/h18-21H,2-17H2,1H3. The van der Waals surface area contributed by atoms with Gasteiger partial charge in [-0.1, -0.05) is 38.5 Å². The van der Waals surface area contributed by atoms with Gasteiger partial charge >= 0.3 is 0 Å². The van der Waals surface area contributed by atoms with Crippen molar-refractivity contribution in [1.82, 2.24) is 15.3 Å². The minimum Gasteiger partial charge on any atom is -0.362 e. The normalized spacial score (nSPS) is 29.2. The van der Waals surface area contributed by atoms with E-state index in [1.165, 1.54) is 96.7 Å². The molecule has 0 aromatic rings. The molecule has 1 N–H and O–H groups in total. The van der Waals surface area contributed by atoms with Gasteiger partial charge in [0.1, 0.15) is 6.23 Å². The van der Waals surface area contributed by atoms with E-state index in [-0.39, 0.29) is 6.23 Å². The molecule has 4 nitrogen and oxygen atoms in total. The van der Waals surface area contributed by atoms with E-state index in [1.54, 1.807) is 0 Å². The van der Waals surface area contributed by atoms with Crippen LogP contribution in [-0.2, 0) is 4.74 Å². The lowest BCUT2D eigenvalue weighted by atomic mass is 9.87. The van der Waals surface area contributed by atoms with Crippen LogP contribution in [0.25, 0.3) is 0 Å². The van der Waals surface area contributed by atoms with Gasteiger partial charge in [0.25, 0.3) is 0 Å². The lowest BCUT2D eigenvalue weighted by Gasteiger charge is -2.28. The number of rotatable bonds is 9. The molecule has 0 aromatic heterocycles. The number of fused-ring (bicyclic) bond motifs is 1. The Morgan fingerprint density at radius 3 is 2.67 bits per heavy atom. The van der Waals surface area contributed by atoms with Crippen LogP contribution < -0.4 is 5.43 Å². The number of unbranched alkanes of at least 4 members (excludes halogenated alkanes) is 1. The first-order valence-corrected chi connectivity index (χ1v) is 10.6. The molecule has 0 amide bonds. The Labute approximate surface area is 149 Å². The molecule has 2 unspecified atom stereocenters. The quantitative estimate of drug-likeness (QED) is 0.648.